The van der Waals surface area contributed by atoms with E-state index in [1.165, 1.54) is 17.7 Å². The highest BCUT2D eigenvalue weighted by Gasteiger charge is 2.37. The third-order valence-corrected chi connectivity index (χ3v) is 8.27. The molecule has 1 heterocycles. The molecule has 0 aromatic heterocycles. The molecule has 2 aliphatic rings. The Morgan fingerprint density at radius 1 is 1.05 bits per heavy atom. The molecule has 0 saturated heterocycles. The van der Waals surface area contributed by atoms with Crippen molar-refractivity contribution in [3.05, 3.63) is 76.6 Å². The monoisotopic (exact) mass is 525 g/mol. The highest BCUT2D eigenvalue weighted by Crippen LogP contribution is 2.35. The van der Waals surface area contributed by atoms with Crippen LogP contribution in [0.5, 0.6) is 0 Å². The molecular formula is C30H37ClFN3O2. The van der Waals surface area contributed by atoms with E-state index in [2.05, 4.69) is 36.4 Å². The van der Waals surface area contributed by atoms with Crippen molar-refractivity contribution in [2.24, 2.45) is 0 Å². The first kappa shape index (κ1) is 27.3. The van der Waals surface area contributed by atoms with Gasteiger partial charge < -0.3 is 15.1 Å². The lowest BCUT2D eigenvalue weighted by atomic mass is 9.75. The quantitative estimate of drug-likeness (QED) is 0.497. The molecule has 0 spiro atoms. The molecule has 0 atom stereocenters. The van der Waals surface area contributed by atoms with Crippen molar-refractivity contribution in [3.63, 3.8) is 0 Å². The zero-order valence-corrected chi connectivity index (χ0v) is 22.6. The molecule has 2 amide bonds. The Hall–Kier alpha value is -2.70. The molecule has 37 heavy (non-hydrogen) atoms. The number of rotatable bonds is 8. The number of benzene rings is 2. The summed E-state index contributed by atoms with van der Waals surface area (Å²) in [6.45, 7) is 1.14. The smallest absolute Gasteiger partial charge is 0.223 e. The van der Waals surface area contributed by atoms with E-state index in [9.17, 15) is 14.0 Å². The third kappa shape index (κ3) is 7.20. The van der Waals surface area contributed by atoms with Crippen molar-refractivity contribution < 1.29 is 14.0 Å². The molecule has 2 aromatic carbocycles. The number of nitrogens with zero attached hydrogens (tertiary/aromatic N) is 2. The molecule has 4 rings (SSSR count). The van der Waals surface area contributed by atoms with Gasteiger partial charge in [0.05, 0.1) is 0 Å². The minimum atomic E-state index is -0.251. The number of nitrogens with one attached hydrogen (secondary N) is 1. The van der Waals surface area contributed by atoms with Crippen molar-refractivity contribution in [2.45, 2.75) is 62.9 Å². The van der Waals surface area contributed by atoms with Crippen LogP contribution in [0.2, 0.25) is 5.02 Å². The Balaban J connectivity index is 1.21. The maximum atomic E-state index is 13.2. The molecule has 1 N–H and O–H groups in total. The van der Waals surface area contributed by atoms with Gasteiger partial charge in [0.15, 0.2) is 0 Å². The fourth-order valence-corrected chi connectivity index (χ4v) is 5.69. The summed E-state index contributed by atoms with van der Waals surface area (Å²) < 4.78 is 13.2. The van der Waals surface area contributed by atoms with E-state index in [0.29, 0.717) is 13.1 Å². The highest BCUT2D eigenvalue weighted by molar-refractivity contribution is 6.30. The van der Waals surface area contributed by atoms with Gasteiger partial charge in [-0.25, -0.2) is 4.39 Å². The summed E-state index contributed by atoms with van der Waals surface area (Å²) in [7, 11) is 4.28. The van der Waals surface area contributed by atoms with Crippen molar-refractivity contribution in [2.75, 3.05) is 27.2 Å². The third-order valence-electron chi connectivity index (χ3n) is 8.02. The van der Waals surface area contributed by atoms with E-state index in [1.807, 2.05) is 18.2 Å². The molecule has 198 valence electrons. The number of carbonyl (C=O) groups is 2. The zero-order valence-electron chi connectivity index (χ0n) is 21.8. The summed E-state index contributed by atoms with van der Waals surface area (Å²) in [6.07, 6.45) is 8.00. The lowest BCUT2D eigenvalue weighted by Gasteiger charge is -2.45. The van der Waals surface area contributed by atoms with Gasteiger partial charge in [0, 0.05) is 42.5 Å². The molecule has 1 aliphatic heterocycles. The van der Waals surface area contributed by atoms with Gasteiger partial charge in [-0.3, -0.25) is 9.59 Å². The number of hydrogen-bond donors (Lipinski definition) is 1. The fourth-order valence-electron chi connectivity index (χ4n) is 5.56. The van der Waals surface area contributed by atoms with Crippen LogP contribution in [0.4, 0.5) is 4.39 Å². The van der Waals surface area contributed by atoms with Crippen LogP contribution >= 0.6 is 11.6 Å². The minimum absolute atomic E-state index is 0.00258. The largest absolute Gasteiger partial charge is 0.353 e. The number of carbonyl (C=O) groups excluding carboxylic acids is 2. The lowest BCUT2D eigenvalue weighted by molar-refractivity contribution is -0.133. The minimum Gasteiger partial charge on any atom is -0.353 e. The zero-order chi connectivity index (χ0) is 26.4. The Morgan fingerprint density at radius 3 is 2.32 bits per heavy atom. The Bertz CT molecular complexity index is 1110. The van der Waals surface area contributed by atoms with Gasteiger partial charge in [-0.05, 0) is 93.6 Å². The first-order valence-corrected chi connectivity index (χ1v) is 13.6. The van der Waals surface area contributed by atoms with Gasteiger partial charge in [0.25, 0.3) is 0 Å². The summed E-state index contributed by atoms with van der Waals surface area (Å²) in [5.74, 6) is -0.297. The molecule has 5 nitrogen and oxygen atoms in total. The average molecular weight is 526 g/mol. The van der Waals surface area contributed by atoms with Crippen LogP contribution in [0, 0.1) is 5.82 Å². The standard InChI is InChI=1S/C30H37ClFN3O2/c1-34(2)30(21-22-3-7-25(31)8-4-22)17-13-27(14-18-30)33-28(36)11-12-29(37)35-19-15-24(16-20-35)23-5-9-26(32)10-6-23/h3-10,15,27H,11-14,16-21H2,1-2H3,(H,33,36). The van der Waals surface area contributed by atoms with Crippen LogP contribution in [0.25, 0.3) is 5.57 Å². The van der Waals surface area contributed by atoms with E-state index in [-0.39, 0.29) is 42.1 Å². The van der Waals surface area contributed by atoms with E-state index < -0.39 is 0 Å². The van der Waals surface area contributed by atoms with Crippen LogP contribution in [-0.2, 0) is 16.0 Å². The maximum absolute atomic E-state index is 13.2. The van der Waals surface area contributed by atoms with Crippen LogP contribution in [0.3, 0.4) is 0 Å². The van der Waals surface area contributed by atoms with Gasteiger partial charge >= 0.3 is 0 Å². The first-order chi connectivity index (χ1) is 17.7. The van der Waals surface area contributed by atoms with Gasteiger partial charge in [0.1, 0.15) is 5.82 Å². The topological polar surface area (TPSA) is 52.7 Å². The molecule has 7 heteroatoms. The van der Waals surface area contributed by atoms with Gasteiger partial charge in [-0.1, -0.05) is 41.9 Å². The van der Waals surface area contributed by atoms with Crippen LogP contribution in [-0.4, -0.2) is 60.4 Å². The maximum Gasteiger partial charge on any atom is 0.223 e. The summed E-state index contributed by atoms with van der Waals surface area (Å²) in [6, 6.07) is 14.7. The second-order valence-corrected chi connectivity index (χ2v) is 11.0. The molecule has 1 fully saturated rings. The van der Waals surface area contributed by atoms with E-state index in [1.54, 1.807) is 17.0 Å². The lowest BCUT2D eigenvalue weighted by Crippen LogP contribution is -2.52. The Labute approximate surface area is 224 Å². The SMILES string of the molecule is CN(C)C1(Cc2ccc(Cl)cc2)CCC(NC(=O)CCC(=O)N2CC=C(c3ccc(F)cc3)CC2)CC1. The number of halogens is 2. The van der Waals surface area contributed by atoms with E-state index >= 15 is 0 Å². The van der Waals surface area contributed by atoms with Crippen LogP contribution in [0.15, 0.2) is 54.6 Å². The van der Waals surface area contributed by atoms with Crippen molar-refractivity contribution in [3.8, 4) is 0 Å². The molecule has 2 aromatic rings. The second kappa shape index (κ2) is 12.2. The fraction of sp³-hybridized carbons (Fsp3) is 0.467. The summed E-state index contributed by atoms with van der Waals surface area (Å²) >= 11 is 6.05. The molecule has 0 unspecified atom stereocenters. The average Bonchev–Trinajstić information content (AvgIpc) is 2.90. The van der Waals surface area contributed by atoms with Crippen LogP contribution in [0.1, 0.15) is 56.1 Å². The normalized spacial score (nSPS) is 22.0. The van der Waals surface area contributed by atoms with Crippen molar-refractivity contribution in [1.82, 2.24) is 15.1 Å². The number of hydrogen-bond acceptors (Lipinski definition) is 3. The molecular weight excluding hydrogens is 489 g/mol. The number of likely N-dealkylation sites (N-methyl/N-ethyl adjacent to an activating group) is 1. The molecule has 1 saturated carbocycles. The van der Waals surface area contributed by atoms with E-state index in [0.717, 1.165) is 54.7 Å². The second-order valence-electron chi connectivity index (χ2n) is 10.6. The van der Waals surface area contributed by atoms with Crippen molar-refractivity contribution >= 4 is 29.0 Å². The van der Waals surface area contributed by atoms with Gasteiger partial charge in [-0.15, -0.1) is 0 Å². The highest BCUT2D eigenvalue weighted by atomic mass is 35.5. The first-order valence-electron chi connectivity index (χ1n) is 13.2. The molecule has 0 radical (unpaired) electrons. The molecule has 0 bridgehead atoms. The Kier molecular flexibility index (Phi) is 9.04. The summed E-state index contributed by atoms with van der Waals surface area (Å²) in [5.41, 5.74) is 3.46. The van der Waals surface area contributed by atoms with Gasteiger partial charge in [0.2, 0.25) is 11.8 Å². The molecule has 1 aliphatic carbocycles. The van der Waals surface area contributed by atoms with E-state index in [4.69, 9.17) is 11.6 Å². The predicted octanol–water partition coefficient (Wildman–Crippen LogP) is 5.48. The number of amides is 2. The van der Waals surface area contributed by atoms with Gasteiger partial charge in [-0.2, -0.15) is 0 Å². The summed E-state index contributed by atoms with van der Waals surface area (Å²) in [5, 5.41) is 3.92. The Morgan fingerprint density at radius 2 is 1.73 bits per heavy atom. The predicted molar refractivity (Wildman–Crippen MR) is 147 cm³/mol. The van der Waals surface area contributed by atoms with Crippen LogP contribution < -0.4 is 5.32 Å². The van der Waals surface area contributed by atoms with Crippen molar-refractivity contribution in [1.29, 1.82) is 0 Å². The summed E-state index contributed by atoms with van der Waals surface area (Å²) in [4.78, 5) is 29.4.